The van der Waals surface area contributed by atoms with Crippen LogP contribution in [-0.2, 0) is 13.9 Å². The van der Waals surface area contributed by atoms with Gasteiger partial charge in [-0.15, -0.1) is 0 Å². The van der Waals surface area contributed by atoms with E-state index in [4.69, 9.17) is 13.9 Å². The lowest BCUT2D eigenvalue weighted by Crippen LogP contribution is -2.51. The molecule has 4 nitrogen and oxygen atoms in total. The summed E-state index contributed by atoms with van der Waals surface area (Å²) in [6.45, 7) is 10.6. The van der Waals surface area contributed by atoms with Crippen LogP contribution in [0.5, 0.6) is 0 Å². The molecule has 0 bridgehead atoms. The minimum atomic E-state index is -2.06. The maximum Gasteiger partial charge on any atom is 0.258 e. The Morgan fingerprint density at radius 3 is 2.09 bits per heavy atom. The van der Waals surface area contributed by atoms with E-state index >= 15 is 0 Å². The number of benzene rings is 1. The maximum absolute atomic E-state index is 9.83. The first kappa shape index (κ1) is 19.4. The van der Waals surface area contributed by atoms with Crippen molar-refractivity contribution < 1.29 is 13.9 Å². The molecule has 0 saturated carbocycles. The molecular formula is C18H25NO3Si. The van der Waals surface area contributed by atoms with Crippen molar-refractivity contribution in [2.45, 2.75) is 45.4 Å². The molecule has 0 saturated heterocycles. The molecule has 1 aromatic carbocycles. The first-order valence-corrected chi connectivity index (χ1v) is 11.2. The monoisotopic (exact) mass is 331 g/mol. The lowest BCUT2D eigenvalue weighted by atomic mass is 10.1. The lowest BCUT2D eigenvalue weighted by Gasteiger charge is -2.34. The van der Waals surface area contributed by atoms with E-state index in [0.717, 1.165) is 5.56 Å². The number of ether oxygens (including phenoxy) is 2. The molecule has 5 heteroatoms. The first-order chi connectivity index (χ1) is 10.9. The van der Waals surface area contributed by atoms with Gasteiger partial charge in [-0.1, -0.05) is 24.1 Å². The fourth-order valence-corrected chi connectivity index (χ4v) is 3.15. The highest BCUT2D eigenvalue weighted by Crippen LogP contribution is 2.25. The molecular weight excluding hydrogens is 306 g/mol. The molecule has 0 amide bonds. The van der Waals surface area contributed by atoms with Crippen molar-refractivity contribution in [3.8, 4) is 17.9 Å². The Kier molecular flexibility index (Phi) is 7.48. The smallest absolute Gasteiger partial charge is 0.258 e. The van der Waals surface area contributed by atoms with Gasteiger partial charge >= 0.3 is 0 Å². The van der Waals surface area contributed by atoms with E-state index in [1.165, 1.54) is 0 Å². The van der Waals surface area contributed by atoms with Gasteiger partial charge in [-0.2, -0.15) is 5.26 Å². The van der Waals surface area contributed by atoms with Gasteiger partial charge in [-0.05, 0) is 51.5 Å². The van der Waals surface area contributed by atoms with Gasteiger partial charge in [0.2, 0.25) is 6.29 Å². The Balaban J connectivity index is 3.28. The number of rotatable bonds is 7. The van der Waals surface area contributed by atoms with Crippen LogP contribution in [0.2, 0.25) is 19.6 Å². The third-order valence-corrected chi connectivity index (χ3v) is 3.70. The van der Waals surface area contributed by atoms with E-state index in [0.29, 0.717) is 13.2 Å². The van der Waals surface area contributed by atoms with E-state index < -0.39 is 20.2 Å². The van der Waals surface area contributed by atoms with Crippen LogP contribution < -0.4 is 0 Å². The van der Waals surface area contributed by atoms with Crippen molar-refractivity contribution in [3.63, 3.8) is 0 Å². The third kappa shape index (κ3) is 6.17. The predicted octanol–water partition coefficient (Wildman–Crippen LogP) is 3.55. The highest BCUT2D eigenvalue weighted by Gasteiger charge is 2.44. The van der Waals surface area contributed by atoms with Gasteiger partial charge in [-0.25, -0.2) is 0 Å². The van der Waals surface area contributed by atoms with Crippen molar-refractivity contribution in [2.24, 2.45) is 0 Å². The number of nitriles is 1. The molecule has 0 aliphatic heterocycles. The Morgan fingerprint density at radius 1 is 1.09 bits per heavy atom. The van der Waals surface area contributed by atoms with Crippen LogP contribution in [0.3, 0.4) is 0 Å². The highest BCUT2D eigenvalue weighted by atomic mass is 28.4. The molecule has 124 valence electrons. The molecule has 23 heavy (non-hydrogen) atoms. The van der Waals surface area contributed by atoms with Crippen LogP contribution in [0.15, 0.2) is 30.3 Å². The van der Waals surface area contributed by atoms with Gasteiger partial charge in [-0.3, -0.25) is 0 Å². The van der Waals surface area contributed by atoms with Crippen LogP contribution in [0, 0.1) is 23.2 Å². The van der Waals surface area contributed by atoms with Crippen LogP contribution in [0.4, 0.5) is 0 Å². The Hall–Kier alpha value is -1.63. The van der Waals surface area contributed by atoms with Crippen molar-refractivity contribution in [1.82, 2.24) is 0 Å². The second-order valence-electron chi connectivity index (χ2n) is 5.92. The molecule has 0 radical (unpaired) electrons. The van der Waals surface area contributed by atoms with E-state index in [1.807, 2.05) is 63.8 Å². The molecule has 0 fully saturated rings. The molecule has 1 rings (SSSR count). The van der Waals surface area contributed by atoms with Crippen LogP contribution in [-0.4, -0.2) is 33.4 Å². The zero-order chi connectivity index (χ0) is 17.3. The average Bonchev–Trinajstić information content (AvgIpc) is 2.51. The van der Waals surface area contributed by atoms with Crippen molar-refractivity contribution in [1.29, 1.82) is 5.26 Å². The summed E-state index contributed by atoms with van der Waals surface area (Å²) in [5, 5.41) is 9.83. The zero-order valence-electron chi connectivity index (χ0n) is 14.6. The van der Waals surface area contributed by atoms with Crippen molar-refractivity contribution in [2.75, 3.05) is 13.2 Å². The molecule has 1 unspecified atom stereocenters. The topological polar surface area (TPSA) is 51.5 Å². The lowest BCUT2D eigenvalue weighted by molar-refractivity contribution is -0.191. The predicted molar refractivity (Wildman–Crippen MR) is 93.1 cm³/mol. The number of nitrogens with zero attached hydrogens (tertiary/aromatic N) is 1. The van der Waals surface area contributed by atoms with Gasteiger partial charge in [0.15, 0.2) is 8.32 Å². The summed E-state index contributed by atoms with van der Waals surface area (Å²) >= 11 is 0. The fraction of sp³-hybridized carbons (Fsp3) is 0.500. The number of hydrogen-bond acceptors (Lipinski definition) is 4. The van der Waals surface area contributed by atoms with Gasteiger partial charge in [0.25, 0.3) is 5.60 Å². The second-order valence-corrected chi connectivity index (χ2v) is 10.3. The van der Waals surface area contributed by atoms with Gasteiger partial charge in [0.1, 0.15) is 6.07 Å². The minimum absolute atomic E-state index is 0.413. The van der Waals surface area contributed by atoms with Crippen LogP contribution in [0.1, 0.15) is 19.4 Å². The summed E-state index contributed by atoms with van der Waals surface area (Å²) in [6.07, 6.45) is -0.842. The van der Waals surface area contributed by atoms with Crippen LogP contribution in [0.25, 0.3) is 0 Å². The van der Waals surface area contributed by atoms with Crippen molar-refractivity contribution in [3.05, 3.63) is 35.9 Å². The normalized spacial score (nSPS) is 13.8. The molecule has 0 aromatic heterocycles. The molecule has 1 atom stereocenters. The van der Waals surface area contributed by atoms with Gasteiger partial charge in [0.05, 0.1) is 0 Å². The quantitative estimate of drug-likeness (QED) is 0.435. The fourth-order valence-electron chi connectivity index (χ4n) is 1.99. The summed E-state index contributed by atoms with van der Waals surface area (Å²) in [5.74, 6) is 6.00. The molecule has 0 aliphatic rings. The van der Waals surface area contributed by atoms with Crippen molar-refractivity contribution >= 4 is 8.32 Å². The third-order valence-electron chi connectivity index (χ3n) is 2.77. The summed E-state index contributed by atoms with van der Waals surface area (Å²) in [5.41, 5.74) is -0.621. The Bertz CT molecular complexity index is 574. The maximum atomic E-state index is 9.83. The van der Waals surface area contributed by atoms with E-state index in [9.17, 15) is 5.26 Å². The van der Waals surface area contributed by atoms with E-state index in [1.54, 1.807) is 0 Å². The molecule has 0 spiro atoms. The molecule has 0 heterocycles. The summed E-state index contributed by atoms with van der Waals surface area (Å²) in [4.78, 5) is 0. The first-order valence-electron chi connectivity index (χ1n) is 7.79. The molecule has 0 N–H and O–H groups in total. The SMILES string of the molecule is CCOC(OCC)C(C#N)(C#Cc1ccccc1)O[Si](C)(C)C. The summed E-state index contributed by atoms with van der Waals surface area (Å²) in [6, 6.07) is 11.7. The highest BCUT2D eigenvalue weighted by molar-refractivity contribution is 6.69. The Labute approximate surface area is 140 Å². The van der Waals surface area contributed by atoms with E-state index in [-0.39, 0.29) is 0 Å². The second kappa shape index (κ2) is 8.86. The summed E-state index contributed by atoms with van der Waals surface area (Å²) in [7, 11) is -2.06. The standard InChI is InChI=1S/C18H25NO3Si/c1-6-20-17(21-7-2)18(15-19,22-23(3,4)5)14-13-16-11-9-8-10-12-16/h8-12,17H,6-7H2,1-5H3. The van der Waals surface area contributed by atoms with Gasteiger partial charge < -0.3 is 13.9 Å². The number of hydrogen-bond donors (Lipinski definition) is 0. The average molecular weight is 331 g/mol. The molecule has 1 aromatic rings. The van der Waals surface area contributed by atoms with E-state index in [2.05, 4.69) is 17.9 Å². The van der Waals surface area contributed by atoms with Crippen LogP contribution >= 0.6 is 0 Å². The van der Waals surface area contributed by atoms with Gasteiger partial charge in [0, 0.05) is 18.8 Å². The minimum Gasteiger partial charge on any atom is -0.387 e. The largest absolute Gasteiger partial charge is 0.387 e. The molecule has 0 aliphatic carbocycles. The Morgan fingerprint density at radius 2 is 1.65 bits per heavy atom. The zero-order valence-corrected chi connectivity index (χ0v) is 15.6. The summed E-state index contributed by atoms with van der Waals surface area (Å²) < 4.78 is 17.4.